The second kappa shape index (κ2) is 7.93. The lowest BCUT2D eigenvalue weighted by Crippen LogP contribution is -2.20. The standard InChI is InChI=1S/C22H19ClN4O2/c1-14-10-15(2)22(18(23)11-14)29-13-21(28)24-16-8-9-19-20(12-16)26-27(25-19)17-6-4-3-5-7-17/h3-12H,13H2,1-2H3,(H,24,28). The van der Waals surface area contributed by atoms with Crippen LogP contribution in [0.3, 0.4) is 0 Å². The third kappa shape index (κ3) is 4.22. The molecule has 0 aliphatic rings. The smallest absolute Gasteiger partial charge is 0.262 e. The number of aromatic nitrogens is 3. The Morgan fingerprint density at radius 3 is 2.55 bits per heavy atom. The summed E-state index contributed by atoms with van der Waals surface area (Å²) in [6, 6.07) is 18.8. The van der Waals surface area contributed by atoms with Crippen molar-refractivity contribution in [1.82, 2.24) is 15.0 Å². The molecule has 4 rings (SSSR count). The second-order valence-electron chi connectivity index (χ2n) is 6.76. The van der Waals surface area contributed by atoms with Crippen LogP contribution in [0.4, 0.5) is 5.69 Å². The topological polar surface area (TPSA) is 69.0 Å². The molecule has 4 aromatic rings. The molecular formula is C22H19ClN4O2. The van der Waals surface area contributed by atoms with Crippen LogP contribution in [0.15, 0.2) is 60.7 Å². The number of anilines is 1. The van der Waals surface area contributed by atoms with Gasteiger partial charge in [-0.3, -0.25) is 4.79 Å². The molecule has 6 nitrogen and oxygen atoms in total. The minimum atomic E-state index is -0.282. The lowest BCUT2D eigenvalue weighted by molar-refractivity contribution is -0.118. The molecule has 0 fully saturated rings. The van der Waals surface area contributed by atoms with Crippen molar-refractivity contribution in [2.45, 2.75) is 13.8 Å². The van der Waals surface area contributed by atoms with Gasteiger partial charge in [-0.15, -0.1) is 10.2 Å². The third-order valence-corrected chi connectivity index (χ3v) is 4.65. The van der Waals surface area contributed by atoms with Gasteiger partial charge in [-0.2, -0.15) is 4.80 Å². The Balaban J connectivity index is 1.46. The minimum absolute atomic E-state index is 0.141. The Bertz CT molecular complexity index is 1170. The minimum Gasteiger partial charge on any atom is -0.482 e. The van der Waals surface area contributed by atoms with Gasteiger partial charge < -0.3 is 10.1 Å². The maximum absolute atomic E-state index is 12.3. The maximum Gasteiger partial charge on any atom is 0.262 e. The van der Waals surface area contributed by atoms with Gasteiger partial charge in [0.25, 0.3) is 5.91 Å². The van der Waals surface area contributed by atoms with E-state index in [1.54, 1.807) is 16.9 Å². The van der Waals surface area contributed by atoms with Crippen LogP contribution in [0, 0.1) is 13.8 Å². The molecule has 0 aliphatic carbocycles. The lowest BCUT2D eigenvalue weighted by atomic mass is 10.1. The first-order valence-corrected chi connectivity index (χ1v) is 9.49. The van der Waals surface area contributed by atoms with Gasteiger partial charge in [0.15, 0.2) is 6.61 Å². The number of nitrogens with one attached hydrogen (secondary N) is 1. The van der Waals surface area contributed by atoms with Crippen molar-refractivity contribution >= 4 is 34.2 Å². The Morgan fingerprint density at radius 2 is 1.79 bits per heavy atom. The fourth-order valence-electron chi connectivity index (χ4n) is 3.09. The number of ether oxygens (including phenoxy) is 1. The van der Waals surface area contributed by atoms with Gasteiger partial charge in [-0.25, -0.2) is 0 Å². The van der Waals surface area contributed by atoms with Crippen LogP contribution in [-0.2, 0) is 4.79 Å². The number of nitrogens with zero attached hydrogens (tertiary/aromatic N) is 3. The number of halogens is 1. The third-order valence-electron chi connectivity index (χ3n) is 4.37. The highest BCUT2D eigenvalue weighted by atomic mass is 35.5. The van der Waals surface area contributed by atoms with E-state index in [2.05, 4.69) is 15.5 Å². The van der Waals surface area contributed by atoms with E-state index in [0.29, 0.717) is 22.0 Å². The number of carbonyl (C=O) groups is 1. The lowest BCUT2D eigenvalue weighted by Gasteiger charge is -2.12. The molecule has 0 radical (unpaired) electrons. The zero-order valence-electron chi connectivity index (χ0n) is 16.0. The summed E-state index contributed by atoms with van der Waals surface area (Å²) in [6.07, 6.45) is 0. The quantitative estimate of drug-likeness (QED) is 0.521. The first kappa shape index (κ1) is 19.0. The van der Waals surface area contributed by atoms with E-state index in [9.17, 15) is 4.79 Å². The Labute approximate surface area is 173 Å². The summed E-state index contributed by atoms with van der Waals surface area (Å²) >= 11 is 6.22. The normalized spacial score (nSPS) is 10.9. The zero-order valence-corrected chi connectivity index (χ0v) is 16.8. The van der Waals surface area contributed by atoms with Crippen molar-refractivity contribution in [1.29, 1.82) is 0 Å². The van der Waals surface area contributed by atoms with Gasteiger partial charge in [0.2, 0.25) is 0 Å². The van der Waals surface area contributed by atoms with E-state index in [1.165, 1.54) is 0 Å². The van der Waals surface area contributed by atoms with E-state index in [-0.39, 0.29) is 12.5 Å². The fourth-order valence-corrected chi connectivity index (χ4v) is 3.46. The van der Waals surface area contributed by atoms with E-state index in [4.69, 9.17) is 16.3 Å². The van der Waals surface area contributed by atoms with Crippen LogP contribution < -0.4 is 10.1 Å². The number of hydrogen-bond acceptors (Lipinski definition) is 4. The SMILES string of the molecule is Cc1cc(C)c(OCC(=O)Nc2ccc3nn(-c4ccccc4)nc3c2)c(Cl)c1. The van der Waals surface area contributed by atoms with Crippen LogP contribution in [-0.4, -0.2) is 27.5 Å². The molecule has 7 heteroatoms. The molecule has 3 aromatic carbocycles. The van der Waals surface area contributed by atoms with Crippen molar-refractivity contribution in [3.63, 3.8) is 0 Å². The van der Waals surface area contributed by atoms with Gasteiger partial charge in [0.05, 0.1) is 10.7 Å². The van der Waals surface area contributed by atoms with Crippen LogP contribution in [0.1, 0.15) is 11.1 Å². The first-order chi connectivity index (χ1) is 14.0. The first-order valence-electron chi connectivity index (χ1n) is 9.11. The number of aryl methyl sites for hydroxylation is 2. The molecule has 0 saturated carbocycles. The highest BCUT2D eigenvalue weighted by Crippen LogP contribution is 2.29. The van der Waals surface area contributed by atoms with Gasteiger partial charge in [0.1, 0.15) is 16.8 Å². The van der Waals surface area contributed by atoms with Crippen LogP contribution in [0.5, 0.6) is 5.75 Å². The number of rotatable bonds is 5. The summed E-state index contributed by atoms with van der Waals surface area (Å²) in [5.74, 6) is 0.240. The van der Waals surface area contributed by atoms with Crippen LogP contribution in [0.25, 0.3) is 16.7 Å². The van der Waals surface area contributed by atoms with Gasteiger partial charge in [-0.05, 0) is 61.4 Å². The molecule has 0 saturated heterocycles. The van der Waals surface area contributed by atoms with E-state index in [1.807, 2.05) is 62.4 Å². The zero-order chi connectivity index (χ0) is 20.4. The number of carbonyl (C=O) groups excluding carboxylic acids is 1. The maximum atomic E-state index is 12.3. The molecule has 1 amide bonds. The average molecular weight is 407 g/mol. The Hall–Kier alpha value is -3.38. The molecule has 0 bridgehead atoms. The summed E-state index contributed by atoms with van der Waals surface area (Å²) in [5.41, 5.74) is 4.85. The van der Waals surface area contributed by atoms with Gasteiger partial charge in [0, 0.05) is 5.69 Å². The molecule has 1 N–H and O–H groups in total. The fraction of sp³-hybridized carbons (Fsp3) is 0.136. The monoisotopic (exact) mass is 406 g/mol. The molecule has 1 heterocycles. The van der Waals surface area contributed by atoms with E-state index in [0.717, 1.165) is 22.3 Å². The highest BCUT2D eigenvalue weighted by molar-refractivity contribution is 6.32. The summed E-state index contributed by atoms with van der Waals surface area (Å²) in [5, 5.41) is 12.3. The molecule has 146 valence electrons. The average Bonchev–Trinajstić information content (AvgIpc) is 3.11. The number of benzene rings is 3. The highest BCUT2D eigenvalue weighted by Gasteiger charge is 2.11. The molecular weight excluding hydrogens is 388 g/mol. The van der Waals surface area contributed by atoms with E-state index >= 15 is 0 Å². The van der Waals surface area contributed by atoms with Crippen molar-refractivity contribution in [3.8, 4) is 11.4 Å². The number of fused-ring (bicyclic) bond motifs is 1. The Morgan fingerprint density at radius 1 is 1.03 bits per heavy atom. The largest absolute Gasteiger partial charge is 0.482 e. The van der Waals surface area contributed by atoms with Crippen LogP contribution in [0.2, 0.25) is 5.02 Å². The molecule has 0 aliphatic heterocycles. The molecule has 0 spiro atoms. The number of hydrogen-bond donors (Lipinski definition) is 1. The predicted octanol–water partition coefficient (Wildman–Crippen LogP) is 4.71. The predicted molar refractivity (Wildman–Crippen MR) is 114 cm³/mol. The second-order valence-corrected chi connectivity index (χ2v) is 7.17. The van der Waals surface area contributed by atoms with Crippen molar-refractivity contribution in [3.05, 3.63) is 76.8 Å². The molecule has 1 aromatic heterocycles. The Kier molecular flexibility index (Phi) is 5.18. The molecule has 0 unspecified atom stereocenters. The summed E-state index contributed by atoms with van der Waals surface area (Å²) in [7, 11) is 0. The summed E-state index contributed by atoms with van der Waals surface area (Å²) in [4.78, 5) is 13.9. The van der Waals surface area contributed by atoms with Crippen LogP contribution >= 0.6 is 11.6 Å². The van der Waals surface area contributed by atoms with E-state index < -0.39 is 0 Å². The summed E-state index contributed by atoms with van der Waals surface area (Å²) in [6.45, 7) is 3.72. The van der Waals surface area contributed by atoms with Crippen molar-refractivity contribution in [2.24, 2.45) is 0 Å². The van der Waals surface area contributed by atoms with Crippen molar-refractivity contribution in [2.75, 3.05) is 11.9 Å². The van der Waals surface area contributed by atoms with Gasteiger partial charge in [-0.1, -0.05) is 35.9 Å². The molecule has 0 atom stereocenters. The number of amides is 1. The number of para-hydroxylation sites is 1. The van der Waals surface area contributed by atoms with Gasteiger partial charge >= 0.3 is 0 Å². The molecule has 29 heavy (non-hydrogen) atoms. The van der Waals surface area contributed by atoms with Crippen molar-refractivity contribution < 1.29 is 9.53 Å². The summed E-state index contributed by atoms with van der Waals surface area (Å²) < 4.78 is 5.63.